The molecule has 0 saturated carbocycles. The molecule has 0 rings (SSSR count). The Hall–Kier alpha value is -2.89. The molecule has 8 heteroatoms. The molecule has 0 aromatic heterocycles. The molecule has 0 spiro atoms. The molecule has 0 aliphatic heterocycles. The molecule has 236 valence electrons. The Morgan fingerprint density at radius 2 is 1.15 bits per heavy atom. The maximum atomic E-state index is 11.0. The molecule has 0 N–H and O–H groups in total. The zero-order chi connectivity index (χ0) is 33.9. The molecule has 0 amide bonds. The fraction of sp³-hybridized carbons (Fsp3) is 0.576. The predicted molar refractivity (Wildman–Crippen MR) is 175 cm³/mol. The van der Waals surface area contributed by atoms with E-state index in [-0.39, 0.29) is 52.1 Å². The molecule has 41 heavy (non-hydrogen) atoms. The van der Waals surface area contributed by atoms with Gasteiger partial charge in [0.25, 0.3) is 0 Å². The van der Waals surface area contributed by atoms with Gasteiger partial charge in [-0.1, -0.05) is 80.7 Å². The van der Waals surface area contributed by atoms with Gasteiger partial charge in [0.05, 0.1) is 5.25 Å². The largest absolute Gasteiger partial charge is 0.306 e. The van der Waals surface area contributed by atoms with Gasteiger partial charge in [0.15, 0.2) is 27.2 Å². The molecular weight excluding hydrogens is 538 g/mol. The second-order valence-corrected chi connectivity index (χ2v) is 13.0. The van der Waals surface area contributed by atoms with E-state index in [0.29, 0.717) is 0 Å². The summed E-state index contributed by atoms with van der Waals surface area (Å²) in [6.45, 7) is 27.3. The average Bonchev–Trinajstić information content (AvgIpc) is 2.88. The molecule has 0 aromatic rings. The van der Waals surface area contributed by atoms with Crippen LogP contribution in [0.4, 0.5) is 0 Å². The normalized spacial score (nSPS) is 10.6. The molecule has 0 unspecified atom stereocenters. The highest BCUT2D eigenvalue weighted by Crippen LogP contribution is 1.99. The highest BCUT2D eigenvalue weighted by atomic mass is 32.2. The number of rotatable bonds is 11. The van der Waals surface area contributed by atoms with Crippen LogP contribution >= 0.6 is 0 Å². The van der Waals surface area contributed by atoms with Crippen molar-refractivity contribution in [1.29, 1.82) is 0 Å². The van der Waals surface area contributed by atoms with E-state index in [1.54, 1.807) is 45.9 Å². The number of allylic oxidation sites excluding steroid dienone is 4. The first-order chi connectivity index (χ1) is 18.6. The number of Topliss-reactive ketones (excluding diaryl/α,β-unsaturated/α-hetero) is 1. The minimum Gasteiger partial charge on any atom is -0.306 e. The van der Waals surface area contributed by atoms with Crippen molar-refractivity contribution in [3.63, 3.8) is 0 Å². The molecular formula is C33H57NO6S. The van der Waals surface area contributed by atoms with E-state index in [4.69, 9.17) is 6.42 Å². The molecule has 0 bridgehead atoms. The Balaban J connectivity index is -0.000000133. The summed E-state index contributed by atoms with van der Waals surface area (Å²) in [4.78, 5) is 44.4. The van der Waals surface area contributed by atoms with Gasteiger partial charge >= 0.3 is 0 Å². The van der Waals surface area contributed by atoms with E-state index >= 15 is 0 Å². The third-order valence-corrected chi connectivity index (χ3v) is 6.33. The number of carbonyl (C=O) groups excluding carboxylic acids is 4. The van der Waals surface area contributed by atoms with Crippen LogP contribution in [0.3, 0.4) is 0 Å². The maximum absolute atomic E-state index is 11.0. The summed E-state index contributed by atoms with van der Waals surface area (Å²) in [7, 11) is 0.981. The molecule has 0 saturated heterocycles. The van der Waals surface area contributed by atoms with Crippen molar-refractivity contribution in [2.45, 2.75) is 81.4 Å². The second-order valence-electron chi connectivity index (χ2n) is 10.5. The van der Waals surface area contributed by atoms with Gasteiger partial charge in [0.1, 0.15) is 0 Å². The van der Waals surface area contributed by atoms with Gasteiger partial charge < -0.3 is 4.90 Å². The van der Waals surface area contributed by atoms with E-state index < -0.39 is 9.84 Å². The highest BCUT2D eigenvalue weighted by molar-refractivity contribution is 7.94. The van der Waals surface area contributed by atoms with E-state index in [1.807, 2.05) is 79.5 Å². The summed E-state index contributed by atoms with van der Waals surface area (Å²) in [6.07, 6.45) is 13.0. The predicted octanol–water partition coefficient (Wildman–Crippen LogP) is 6.31. The summed E-state index contributed by atoms with van der Waals surface area (Å²) < 4.78 is 21.2. The van der Waals surface area contributed by atoms with Crippen molar-refractivity contribution >= 4 is 33.0 Å². The molecule has 0 fully saturated rings. The van der Waals surface area contributed by atoms with E-state index in [0.717, 1.165) is 12.0 Å². The topological polar surface area (TPSA) is 106 Å². The van der Waals surface area contributed by atoms with E-state index in [9.17, 15) is 27.6 Å². The van der Waals surface area contributed by atoms with Gasteiger partial charge in [0, 0.05) is 35.6 Å². The number of hydrogen-bond acceptors (Lipinski definition) is 7. The highest BCUT2D eigenvalue weighted by Gasteiger charge is 2.09. The molecule has 0 heterocycles. The zero-order valence-corrected chi connectivity index (χ0v) is 28.7. The second kappa shape index (κ2) is 28.6. The van der Waals surface area contributed by atoms with Crippen LogP contribution in [0.1, 0.15) is 76.2 Å². The summed E-state index contributed by atoms with van der Waals surface area (Å²) in [6, 6.07) is 0. The quantitative estimate of drug-likeness (QED) is 0.156. The van der Waals surface area contributed by atoms with Gasteiger partial charge in [-0.2, -0.15) is 0 Å². The van der Waals surface area contributed by atoms with Crippen LogP contribution in [0.5, 0.6) is 0 Å². The minimum absolute atomic E-state index is 0.00926. The third-order valence-electron chi connectivity index (χ3n) is 4.55. The lowest BCUT2D eigenvalue weighted by molar-refractivity contribution is -0.118. The van der Waals surface area contributed by atoms with Crippen LogP contribution in [0.15, 0.2) is 48.9 Å². The van der Waals surface area contributed by atoms with Gasteiger partial charge in [-0.15, -0.1) is 6.42 Å². The average molecular weight is 596 g/mol. The molecule has 0 aromatic carbocycles. The Bertz CT molecular complexity index is 974. The van der Waals surface area contributed by atoms with Crippen molar-refractivity contribution in [2.24, 2.45) is 23.7 Å². The number of sulfone groups is 1. The van der Waals surface area contributed by atoms with Crippen molar-refractivity contribution in [1.82, 2.24) is 4.90 Å². The van der Waals surface area contributed by atoms with Crippen LogP contribution in [-0.4, -0.2) is 62.3 Å². The van der Waals surface area contributed by atoms with Crippen molar-refractivity contribution in [3.05, 3.63) is 48.9 Å². The van der Waals surface area contributed by atoms with E-state index in [2.05, 4.69) is 13.2 Å². The Morgan fingerprint density at radius 3 is 1.27 bits per heavy atom. The van der Waals surface area contributed by atoms with Gasteiger partial charge in [0.2, 0.25) is 5.78 Å². The molecule has 0 aliphatic rings. The number of nitrogens with zero attached hydrogens (tertiary/aromatic N) is 1. The van der Waals surface area contributed by atoms with Crippen molar-refractivity contribution in [3.8, 4) is 12.3 Å². The van der Waals surface area contributed by atoms with Gasteiger partial charge in [-0.05, 0) is 59.0 Å². The lowest BCUT2D eigenvalue weighted by Crippen LogP contribution is -2.11. The van der Waals surface area contributed by atoms with Crippen LogP contribution < -0.4 is 0 Å². The molecule has 0 radical (unpaired) electrons. The summed E-state index contributed by atoms with van der Waals surface area (Å²) in [5.74, 6) is 2.78. The number of ketones is 4. The Labute approximate surface area is 252 Å². The van der Waals surface area contributed by atoms with Crippen LogP contribution in [0, 0.1) is 36.0 Å². The minimum atomic E-state index is -2.97. The van der Waals surface area contributed by atoms with Crippen molar-refractivity contribution in [2.75, 3.05) is 20.6 Å². The summed E-state index contributed by atoms with van der Waals surface area (Å²) >= 11 is 0. The van der Waals surface area contributed by atoms with E-state index in [1.165, 1.54) is 6.08 Å². The van der Waals surface area contributed by atoms with Crippen molar-refractivity contribution < 1.29 is 27.6 Å². The van der Waals surface area contributed by atoms with Crippen LogP contribution in [-0.2, 0) is 29.0 Å². The number of hydrogen-bond donors (Lipinski definition) is 0. The van der Waals surface area contributed by atoms with Crippen LogP contribution in [0.2, 0.25) is 0 Å². The molecule has 0 aliphatic carbocycles. The number of likely N-dealkylation sites (N-methyl/N-ethyl adjacent to an activating group) is 1. The first-order valence-electron chi connectivity index (χ1n) is 13.6. The monoisotopic (exact) mass is 595 g/mol. The fourth-order valence-corrected chi connectivity index (χ4v) is 1.91. The smallest absolute Gasteiger partial charge is 0.207 e. The standard InChI is InChI=1S/C9H17NO.C7H12O.C6H10O.C6H8O.C5H10O2S/c1-8(2)9(11)6-5-7-10(3)4;1-4-5-7(8)6(2)3;2*1-4-6(7)5(2)3;1-4-8(6,7)5(2)3/h5-6,8H,7H2,1-4H3;4-6H,1-3H3;4-5H,1H2,2-3H3;1,5H,2-3H3;4-5H,1H2,2-3H3/b6-5+;5-4+;;;. The summed E-state index contributed by atoms with van der Waals surface area (Å²) in [5, 5.41) is 0.650. The first-order valence-corrected chi connectivity index (χ1v) is 15.2. The number of terminal acetylenes is 1. The Morgan fingerprint density at radius 1 is 0.756 bits per heavy atom. The Kier molecular flexibility index (Phi) is 33.4. The fourth-order valence-electron chi connectivity index (χ4n) is 1.52. The SMILES string of the molecule is C#CC(=O)C(C)C.C/C=C/C(=O)C(C)C.C=CC(=O)C(C)C.C=CS(=O)(=O)C(C)C.CC(C)C(=O)/C=C/CN(C)C. The lowest BCUT2D eigenvalue weighted by atomic mass is 10.1. The third kappa shape index (κ3) is 37.1. The first kappa shape index (κ1) is 47.9. The van der Waals surface area contributed by atoms with Crippen LogP contribution in [0.25, 0.3) is 0 Å². The molecule has 0 atom stereocenters. The lowest BCUT2D eigenvalue weighted by Gasteiger charge is -2.03. The van der Waals surface area contributed by atoms with Gasteiger partial charge in [-0.3, -0.25) is 19.2 Å². The van der Waals surface area contributed by atoms with Gasteiger partial charge in [-0.25, -0.2) is 8.42 Å². The zero-order valence-electron chi connectivity index (χ0n) is 27.9. The maximum Gasteiger partial charge on any atom is 0.207 e. The number of carbonyl (C=O) groups is 4. The molecule has 7 nitrogen and oxygen atoms in total. The summed E-state index contributed by atoms with van der Waals surface area (Å²) in [5.41, 5.74) is 0.